The van der Waals surface area contributed by atoms with Crippen molar-refractivity contribution in [3.05, 3.63) is 64.7 Å². The van der Waals surface area contributed by atoms with E-state index in [2.05, 4.69) is 19.2 Å². The lowest BCUT2D eigenvalue weighted by Crippen LogP contribution is -2.45. The topological polar surface area (TPSA) is 68.3 Å². The van der Waals surface area contributed by atoms with Crippen LogP contribution in [0.1, 0.15) is 49.0 Å². The van der Waals surface area contributed by atoms with Crippen LogP contribution in [0.15, 0.2) is 48.5 Å². The Kier molecular flexibility index (Phi) is 6.99. The van der Waals surface area contributed by atoms with Crippen molar-refractivity contribution in [2.24, 2.45) is 11.8 Å². The minimum absolute atomic E-state index is 0.123. The highest BCUT2D eigenvalue weighted by molar-refractivity contribution is 6.30. The van der Waals surface area contributed by atoms with Crippen molar-refractivity contribution in [3.63, 3.8) is 0 Å². The number of carbonyl (C=O) groups excluding carboxylic acids is 2. The Morgan fingerprint density at radius 1 is 1.12 bits per heavy atom. The molecule has 1 saturated carbocycles. The summed E-state index contributed by atoms with van der Waals surface area (Å²) >= 11 is 6.19. The molecule has 0 radical (unpaired) electrons. The third-order valence-electron chi connectivity index (χ3n) is 6.83. The molecule has 1 aliphatic rings. The molecule has 6 heteroatoms. The molecule has 1 aliphatic carbocycles. The lowest BCUT2D eigenvalue weighted by atomic mass is 9.78. The van der Waals surface area contributed by atoms with E-state index in [9.17, 15) is 9.59 Å². The molecule has 1 fully saturated rings. The van der Waals surface area contributed by atoms with Crippen LogP contribution in [0.4, 0.5) is 0 Å². The number of hydrogen-bond donors (Lipinski definition) is 1. The molecule has 2 aromatic carbocycles. The number of amides is 1. The second kappa shape index (κ2) is 9.92. The van der Waals surface area contributed by atoms with Crippen molar-refractivity contribution in [2.75, 3.05) is 6.61 Å². The van der Waals surface area contributed by atoms with Gasteiger partial charge in [0, 0.05) is 22.0 Å². The number of benzene rings is 2. The van der Waals surface area contributed by atoms with Crippen LogP contribution in [0.3, 0.4) is 0 Å². The lowest BCUT2D eigenvalue weighted by molar-refractivity contribution is -0.125. The zero-order chi connectivity index (χ0) is 23.5. The van der Waals surface area contributed by atoms with Crippen LogP contribution in [0.2, 0.25) is 5.02 Å². The molecule has 1 aromatic heterocycles. The maximum Gasteiger partial charge on any atom is 0.339 e. The molecule has 1 heterocycles. The predicted molar refractivity (Wildman–Crippen MR) is 131 cm³/mol. The van der Waals surface area contributed by atoms with Gasteiger partial charge in [-0.1, -0.05) is 68.6 Å². The average Bonchev–Trinajstić information content (AvgIpc) is 2.80. The summed E-state index contributed by atoms with van der Waals surface area (Å²) in [5.74, 6) is 0.183. The molecule has 0 bridgehead atoms. The molecule has 0 aliphatic heterocycles. The van der Waals surface area contributed by atoms with Crippen LogP contribution < -0.4 is 5.32 Å². The van der Waals surface area contributed by atoms with E-state index in [1.165, 1.54) is 6.42 Å². The number of hydrogen-bond acceptors (Lipinski definition) is 4. The number of pyridine rings is 1. The van der Waals surface area contributed by atoms with E-state index in [0.29, 0.717) is 44.6 Å². The van der Waals surface area contributed by atoms with E-state index >= 15 is 0 Å². The number of para-hydroxylation sites is 1. The maximum absolute atomic E-state index is 13.2. The molecule has 4 rings (SSSR count). The average molecular weight is 465 g/mol. The highest BCUT2D eigenvalue weighted by atomic mass is 35.5. The smallest absolute Gasteiger partial charge is 0.339 e. The summed E-state index contributed by atoms with van der Waals surface area (Å²) in [4.78, 5) is 30.5. The van der Waals surface area contributed by atoms with Gasteiger partial charge in [-0.2, -0.15) is 0 Å². The Hall–Kier alpha value is -2.92. The van der Waals surface area contributed by atoms with Gasteiger partial charge in [0.25, 0.3) is 5.91 Å². The molecule has 1 N–H and O–H groups in total. The predicted octanol–water partition coefficient (Wildman–Crippen LogP) is 5.96. The molecular formula is C27H29ClN2O3. The van der Waals surface area contributed by atoms with E-state index in [1.807, 2.05) is 49.4 Å². The monoisotopic (exact) mass is 464 g/mol. The number of rotatable bonds is 5. The fraction of sp³-hybridized carbons (Fsp3) is 0.370. The number of nitrogens with zero attached hydrogens (tertiary/aromatic N) is 1. The van der Waals surface area contributed by atoms with E-state index in [0.717, 1.165) is 18.4 Å². The SMILES string of the molecule is Cc1c(-c2cccc(Cl)c2)nc2ccccc2c1C(=O)OCC(=O)N[C@H]1CCC[C@H](C)[C@@H]1C. The van der Waals surface area contributed by atoms with Crippen LogP contribution in [-0.2, 0) is 9.53 Å². The van der Waals surface area contributed by atoms with Crippen molar-refractivity contribution < 1.29 is 14.3 Å². The largest absolute Gasteiger partial charge is 0.452 e. The molecule has 33 heavy (non-hydrogen) atoms. The van der Waals surface area contributed by atoms with E-state index < -0.39 is 5.97 Å². The van der Waals surface area contributed by atoms with Crippen LogP contribution >= 0.6 is 11.6 Å². The first-order chi connectivity index (χ1) is 15.8. The molecule has 5 nitrogen and oxygen atoms in total. The van der Waals surface area contributed by atoms with Crippen LogP contribution in [0.25, 0.3) is 22.2 Å². The van der Waals surface area contributed by atoms with E-state index in [-0.39, 0.29) is 18.6 Å². The van der Waals surface area contributed by atoms with Gasteiger partial charge in [-0.25, -0.2) is 9.78 Å². The maximum atomic E-state index is 13.2. The van der Waals surface area contributed by atoms with Crippen molar-refractivity contribution in [1.29, 1.82) is 0 Å². The van der Waals surface area contributed by atoms with Crippen LogP contribution in [0.5, 0.6) is 0 Å². The second-order valence-electron chi connectivity index (χ2n) is 9.01. The van der Waals surface area contributed by atoms with Gasteiger partial charge in [0.05, 0.1) is 16.8 Å². The van der Waals surface area contributed by atoms with Gasteiger partial charge in [0.15, 0.2) is 6.61 Å². The Bertz CT molecular complexity index is 1190. The third kappa shape index (κ3) is 5.03. The summed E-state index contributed by atoms with van der Waals surface area (Å²) in [5.41, 5.74) is 3.27. The summed E-state index contributed by atoms with van der Waals surface area (Å²) in [6.45, 7) is 5.93. The minimum atomic E-state index is -0.533. The summed E-state index contributed by atoms with van der Waals surface area (Å²) < 4.78 is 5.49. The first kappa shape index (κ1) is 23.2. The van der Waals surface area contributed by atoms with Crippen molar-refractivity contribution in [2.45, 2.75) is 46.1 Å². The number of nitrogens with one attached hydrogen (secondary N) is 1. The quantitative estimate of drug-likeness (QED) is 0.473. The Labute approximate surface area is 199 Å². The molecule has 0 unspecified atom stereocenters. The lowest BCUT2D eigenvalue weighted by Gasteiger charge is -2.34. The Morgan fingerprint density at radius 3 is 2.70 bits per heavy atom. The number of halogens is 1. The van der Waals surface area contributed by atoms with Gasteiger partial charge >= 0.3 is 5.97 Å². The first-order valence-electron chi connectivity index (χ1n) is 11.5. The van der Waals surface area contributed by atoms with Gasteiger partial charge in [0.2, 0.25) is 0 Å². The molecule has 0 saturated heterocycles. The molecular weight excluding hydrogens is 436 g/mol. The first-order valence-corrected chi connectivity index (χ1v) is 11.8. The summed E-state index contributed by atoms with van der Waals surface area (Å²) in [6, 6.07) is 14.9. The van der Waals surface area contributed by atoms with Gasteiger partial charge in [-0.05, 0) is 48.9 Å². The van der Waals surface area contributed by atoms with Crippen molar-refractivity contribution in [1.82, 2.24) is 10.3 Å². The Balaban J connectivity index is 1.57. The number of aromatic nitrogens is 1. The van der Waals surface area contributed by atoms with Gasteiger partial charge in [-0.15, -0.1) is 0 Å². The number of fused-ring (bicyclic) bond motifs is 1. The van der Waals surface area contributed by atoms with Crippen LogP contribution in [0, 0.1) is 18.8 Å². The second-order valence-corrected chi connectivity index (χ2v) is 9.44. The number of ether oxygens (including phenoxy) is 1. The standard InChI is InChI=1S/C27H29ClN2O3/c1-16-8-6-13-22(17(16)2)29-24(31)15-33-27(32)25-18(3)26(19-9-7-10-20(28)14-19)30-23-12-5-4-11-21(23)25/h4-5,7,9-12,14,16-17,22H,6,8,13,15H2,1-3H3,(H,29,31)/t16-,17-,22-/m0/s1. The van der Waals surface area contributed by atoms with Crippen LogP contribution in [-0.4, -0.2) is 29.5 Å². The zero-order valence-electron chi connectivity index (χ0n) is 19.2. The molecule has 3 aromatic rings. The minimum Gasteiger partial charge on any atom is -0.452 e. The van der Waals surface area contributed by atoms with Gasteiger partial charge < -0.3 is 10.1 Å². The van der Waals surface area contributed by atoms with Gasteiger partial charge in [0.1, 0.15) is 0 Å². The zero-order valence-corrected chi connectivity index (χ0v) is 20.0. The van der Waals surface area contributed by atoms with Crippen molar-refractivity contribution >= 4 is 34.4 Å². The summed E-state index contributed by atoms with van der Waals surface area (Å²) in [5, 5.41) is 4.34. The molecule has 0 spiro atoms. The molecule has 172 valence electrons. The fourth-order valence-electron chi connectivity index (χ4n) is 4.72. The number of esters is 1. The highest BCUT2D eigenvalue weighted by Crippen LogP contribution is 2.32. The summed E-state index contributed by atoms with van der Waals surface area (Å²) in [7, 11) is 0. The molecule has 1 amide bonds. The highest BCUT2D eigenvalue weighted by Gasteiger charge is 2.28. The Morgan fingerprint density at radius 2 is 1.91 bits per heavy atom. The van der Waals surface area contributed by atoms with Crippen molar-refractivity contribution in [3.8, 4) is 11.3 Å². The number of carbonyl (C=O) groups is 2. The summed E-state index contributed by atoms with van der Waals surface area (Å²) in [6.07, 6.45) is 3.25. The van der Waals surface area contributed by atoms with E-state index in [1.54, 1.807) is 6.07 Å². The normalized spacial score (nSPS) is 20.4. The molecule has 3 atom stereocenters. The fourth-order valence-corrected chi connectivity index (χ4v) is 4.91. The van der Waals surface area contributed by atoms with E-state index in [4.69, 9.17) is 21.3 Å². The van der Waals surface area contributed by atoms with Gasteiger partial charge in [-0.3, -0.25) is 4.79 Å². The third-order valence-corrected chi connectivity index (χ3v) is 7.06.